The van der Waals surface area contributed by atoms with E-state index in [0.717, 1.165) is 10.9 Å². The van der Waals surface area contributed by atoms with Gasteiger partial charge in [0.25, 0.3) is 0 Å². The normalized spacial score (nSPS) is 10.8. The van der Waals surface area contributed by atoms with Gasteiger partial charge in [0, 0.05) is 21.7 Å². The van der Waals surface area contributed by atoms with Crippen LogP contribution in [0.25, 0.3) is 22.2 Å². The third kappa shape index (κ3) is 3.66. The lowest BCUT2D eigenvalue weighted by molar-refractivity contribution is -0.116. The van der Waals surface area contributed by atoms with Gasteiger partial charge in [-0.1, -0.05) is 60.1 Å². The van der Waals surface area contributed by atoms with E-state index in [-0.39, 0.29) is 12.5 Å². The number of amides is 1. The van der Waals surface area contributed by atoms with Gasteiger partial charge in [-0.3, -0.25) is 9.36 Å². The Morgan fingerprint density at radius 1 is 0.929 bits per heavy atom. The molecule has 1 aromatic heterocycles. The van der Waals surface area contributed by atoms with Gasteiger partial charge in [-0.25, -0.2) is 4.79 Å². The lowest BCUT2D eigenvalue weighted by atomic mass is 10.1. The molecule has 0 radical (unpaired) electrons. The number of carbonyl (C=O) groups is 1. The fourth-order valence-electron chi connectivity index (χ4n) is 3.07. The van der Waals surface area contributed by atoms with E-state index in [1.165, 1.54) is 4.57 Å². The van der Waals surface area contributed by atoms with Crippen molar-refractivity contribution in [2.45, 2.75) is 6.54 Å². The Bertz CT molecular complexity index is 1200. The summed E-state index contributed by atoms with van der Waals surface area (Å²) in [7, 11) is 0. The summed E-state index contributed by atoms with van der Waals surface area (Å²) in [5, 5.41) is 4.17. The fraction of sp³-hybridized carbons (Fsp3) is 0.0455. The number of rotatable bonds is 4. The van der Waals surface area contributed by atoms with E-state index in [1.807, 2.05) is 54.6 Å². The van der Waals surface area contributed by atoms with Crippen molar-refractivity contribution in [3.05, 3.63) is 94.4 Å². The number of aromatic nitrogens is 2. The van der Waals surface area contributed by atoms with Crippen LogP contribution < -0.4 is 11.0 Å². The predicted molar refractivity (Wildman–Crippen MR) is 112 cm³/mol. The summed E-state index contributed by atoms with van der Waals surface area (Å²) in [6.07, 6.45) is 0. The Kier molecular flexibility index (Phi) is 4.91. The highest BCUT2D eigenvalue weighted by Crippen LogP contribution is 2.25. The molecule has 0 saturated heterocycles. The minimum atomic E-state index is -0.469. The topological polar surface area (TPSA) is 64.0 Å². The molecule has 6 heteroatoms. The zero-order valence-electron chi connectivity index (χ0n) is 14.8. The fourth-order valence-corrected chi connectivity index (χ4v) is 3.20. The van der Waals surface area contributed by atoms with E-state index >= 15 is 0 Å². The van der Waals surface area contributed by atoms with Gasteiger partial charge < -0.3 is 5.32 Å². The molecular weight excluding hydrogens is 374 g/mol. The van der Waals surface area contributed by atoms with E-state index in [4.69, 9.17) is 11.6 Å². The van der Waals surface area contributed by atoms with E-state index in [9.17, 15) is 9.59 Å². The number of halogens is 1. The molecule has 138 valence electrons. The molecule has 1 N–H and O–H groups in total. The maximum absolute atomic E-state index is 12.7. The van der Waals surface area contributed by atoms with Crippen molar-refractivity contribution in [1.82, 2.24) is 9.55 Å². The molecule has 5 nitrogen and oxygen atoms in total. The molecule has 0 bridgehead atoms. The summed E-state index contributed by atoms with van der Waals surface area (Å²) in [6.45, 7) is -0.135. The van der Waals surface area contributed by atoms with Crippen LogP contribution >= 0.6 is 11.6 Å². The van der Waals surface area contributed by atoms with Crippen molar-refractivity contribution < 1.29 is 4.79 Å². The van der Waals surface area contributed by atoms with Crippen LogP contribution in [0.3, 0.4) is 0 Å². The minimum Gasteiger partial charge on any atom is -0.325 e. The lowest BCUT2D eigenvalue weighted by Gasteiger charge is -2.13. The number of nitrogens with zero attached hydrogens (tertiary/aromatic N) is 2. The molecule has 1 amide bonds. The molecule has 0 atom stereocenters. The van der Waals surface area contributed by atoms with Crippen LogP contribution in [0.1, 0.15) is 0 Å². The zero-order chi connectivity index (χ0) is 19.5. The summed E-state index contributed by atoms with van der Waals surface area (Å²) >= 11 is 5.86. The average molecular weight is 390 g/mol. The van der Waals surface area contributed by atoms with Crippen LogP contribution in [0.2, 0.25) is 5.02 Å². The second-order valence-corrected chi connectivity index (χ2v) is 6.70. The molecule has 4 aromatic rings. The van der Waals surface area contributed by atoms with E-state index < -0.39 is 5.69 Å². The monoisotopic (exact) mass is 389 g/mol. The average Bonchev–Trinajstić information content (AvgIpc) is 2.72. The molecule has 0 aliphatic carbocycles. The smallest absolute Gasteiger partial charge is 0.325 e. The second kappa shape index (κ2) is 7.66. The van der Waals surface area contributed by atoms with Crippen molar-refractivity contribution in [2.75, 3.05) is 5.32 Å². The molecule has 0 saturated carbocycles. The Morgan fingerprint density at radius 2 is 1.61 bits per heavy atom. The maximum atomic E-state index is 12.7. The highest BCUT2D eigenvalue weighted by Gasteiger charge is 2.14. The summed E-state index contributed by atoms with van der Waals surface area (Å²) in [5.41, 5.74) is 2.26. The number of benzene rings is 3. The number of hydrogen-bond donors (Lipinski definition) is 1. The Labute approximate surface area is 166 Å². The first kappa shape index (κ1) is 17.9. The van der Waals surface area contributed by atoms with Crippen LogP contribution in [0.4, 0.5) is 5.69 Å². The summed E-state index contributed by atoms with van der Waals surface area (Å²) in [5.74, 6) is -0.316. The number of carbonyl (C=O) groups excluding carboxylic acids is 1. The molecule has 0 unspecified atom stereocenters. The number of nitrogens with one attached hydrogen (secondary N) is 1. The number of fused-ring (bicyclic) bond motifs is 1. The van der Waals surface area contributed by atoms with Gasteiger partial charge in [-0.05, 0) is 30.3 Å². The number of para-hydroxylation sites is 1. The van der Waals surface area contributed by atoms with Crippen LogP contribution in [-0.4, -0.2) is 15.5 Å². The van der Waals surface area contributed by atoms with Gasteiger partial charge in [0.15, 0.2) is 0 Å². The first-order valence-electron chi connectivity index (χ1n) is 8.72. The van der Waals surface area contributed by atoms with Crippen molar-refractivity contribution in [3.8, 4) is 11.3 Å². The second-order valence-electron chi connectivity index (χ2n) is 6.27. The third-order valence-corrected chi connectivity index (χ3v) is 4.62. The quantitative estimate of drug-likeness (QED) is 0.564. The Balaban J connectivity index is 1.72. The van der Waals surface area contributed by atoms with Crippen molar-refractivity contribution in [2.24, 2.45) is 0 Å². The predicted octanol–water partition coefficient (Wildman–Crippen LogP) is 4.36. The van der Waals surface area contributed by atoms with E-state index in [0.29, 0.717) is 21.9 Å². The first-order chi connectivity index (χ1) is 13.6. The highest BCUT2D eigenvalue weighted by atomic mass is 35.5. The molecule has 0 spiro atoms. The third-order valence-electron chi connectivity index (χ3n) is 4.37. The van der Waals surface area contributed by atoms with Crippen LogP contribution in [0.5, 0.6) is 0 Å². The first-order valence-corrected chi connectivity index (χ1v) is 9.10. The highest BCUT2D eigenvalue weighted by molar-refractivity contribution is 6.30. The maximum Gasteiger partial charge on any atom is 0.349 e. The van der Waals surface area contributed by atoms with Crippen LogP contribution in [0.15, 0.2) is 83.7 Å². The van der Waals surface area contributed by atoms with Gasteiger partial charge in [-0.2, -0.15) is 4.98 Å². The molecule has 4 rings (SSSR count). The number of hydrogen-bond acceptors (Lipinski definition) is 3. The van der Waals surface area contributed by atoms with Crippen molar-refractivity contribution in [1.29, 1.82) is 0 Å². The SMILES string of the molecule is O=C(Cn1c(=O)nc(-c2ccccc2)c2ccccc21)Nc1ccc(Cl)cc1. The van der Waals surface area contributed by atoms with Crippen LogP contribution in [0, 0.1) is 0 Å². The molecular formula is C22H16ClN3O2. The zero-order valence-corrected chi connectivity index (χ0v) is 15.6. The Hall–Kier alpha value is -3.44. The van der Waals surface area contributed by atoms with Gasteiger partial charge in [0.05, 0.1) is 11.2 Å². The standard InChI is InChI=1S/C22H16ClN3O2/c23-16-10-12-17(13-11-16)24-20(27)14-26-19-9-5-4-8-18(19)21(25-22(26)28)15-6-2-1-3-7-15/h1-13H,14H2,(H,24,27). The minimum absolute atomic E-state index is 0.135. The molecule has 28 heavy (non-hydrogen) atoms. The van der Waals surface area contributed by atoms with E-state index in [1.54, 1.807) is 24.3 Å². The molecule has 0 aliphatic rings. The summed E-state index contributed by atoms with van der Waals surface area (Å²) in [6, 6.07) is 23.8. The van der Waals surface area contributed by atoms with Crippen molar-refractivity contribution >= 4 is 34.1 Å². The Morgan fingerprint density at radius 3 is 2.36 bits per heavy atom. The largest absolute Gasteiger partial charge is 0.349 e. The van der Waals surface area contributed by atoms with Gasteiger partial charge >= 0.3 is 5.69 Å². The molecule has 0 aliphatic heterocycles. The van der Waals surface area contributed by atoms with Gasteiger partial charge in [-0.15, -0.1) is 0 Å². The number of anilines is 1. The lowest BCUT2D eigenvalue weighted by Crippen LogP contribution is -2.30. The van der Waals surface area contributed by atoms with E-state index in [2.05, 4.69) is 10.3 Å². The summed E-state index contributed by atoms with van der Waals surface area (Å²) < 4.78 is 1.38. The summed E-state index contributed by atoms with van der Waals surface area (Å²) in [4.78, 5) is 29.5. The molecule has 3 aromatic carbocycles. The van der Waals surface area contributed by atoms with Crippen LogP contribution in [-0.2, 0) is 11.3 Å². The van der Waals surface area contributed by atoms with Gasteiger partial charge in [0.1, 0.15) is 6.54 Å². The molecule has 1 heterocycles. The van der Waals surface area contributed by atoms with Crippen molar-refractivity contribution in [3.63, 3.8) is 0 Å². The van der Waals surface area contributed by atoms with Gasteiger partial charge in [0.2, 0.25) is 5.91 Å². The molecule has 0 fully saturated rings.